The molecular weight excluding hydrogens is 377 g/mol. The molecule has 3 fully saturated rings. The molecule has 0 aliphatic carbocycles. The molecular formula is C20H22FN5O3. The molecule has 3 saturated heterocycles. The van der Waals surface area contributed by atoms with E-state index in [0.717, 1.165) is 5.56 Å². The molecule has 9 heteroatoms. The fourth-order valence-corrected chi connectivity index (χ4v) is 4.59. The predicted octanol–water partition coefficient (Wildman–Crippen LogP) is -0.000400. The number of amides is 2. The molecule has 4 heterocycles. The number of aliphatic hydroxyl groups is 1. The number of hydrogen-bond donors (Lipinski definition) is 1. The SMILES string of the molecule is O=C1[C@@H]2C[C@@H](O)CN2C(=O)[C@H]2CN(Cc3cnn(-c4cccc(F)c4)c3)CCN12. The Labute approximate surface area is 167 Å². The lowest BCUT2D eigenvalue weighted by Gasteiger charge is -2.47. The van der Waals surface area contributed by atoms with E-state index < -0.39 is 18.2 Å². The van der Waals surface area contributed by atoms with Gasteiger partial charge in [-0.05, 0) is 18.2 Å². The van der Waals surface area contributed by atoms with E-state index in [-0.39, 0.29) is 24.2 Å². The zero-order chi connectivity index (χ0) is 20.1. The molecule has 3 aliphatic heterocycles. The molecule has 1 aromatic carbocycles. The highest BCUT2D eigenvalue weighted by Crippen LogP contribution is 2.29. The molecule has 29 heavy (non-hydrogen) atoms. The first-order valence-electron chi connectivity index (χ1n) is 9.80. The van der Waals surface area contributed by atoms with E-state index in [1.165, 1.54) is 12.1 Å². The minimum atomic E-state index is -0.626. The van der Waals surface area contributed by atoms with E-state index in [1.54, 1.807) is 32.8 Å². The van der Waals surface area contributed by atoms with Crippen molar-refractivity contribution in [1.29, 1.82) is 0 Å². The summed E-state index contributed by atoms with van der Waals surface area (Å²) in [5.74, 6) is -0.447. The van der Waals surface area contributed by atoms with E-state index in [4.69, 9.17) is 0 Å². The minimum Gasteiger partial charge on any atom is -0.391 e. The van der Waals surface area contributed by atoms with E-state index in [9.17, 15) is 19.1 Å². The number of nitrogens with zero attached hydrogens (tertiary/aromatic N) is 5. The standard InChI is InChI=1S/C20H22FN5O3/c21-14-2-1-3-15(6-14)26-10-13(8-22-26)9-23-4-5-24-18(12-23)20(29)25-11-16(27)7-17(25)19(24)28/h1-3,6,8,10,16-18,27H,4-5,7,9,11-12H2/t16-,17+,18-/m1/s1. The van der Waals surface area contributed by atoms with Crippen molar-refractivity contribution in [2.24, 2.45) is 0 Å². The number of aliphatic hydroxyl groups excluding tert-OH is 1. The van der Waals surface area contributed by atoms with Crippen LogP contribution >= 0.6 is 0 Å². The van der Waals surface area contributed by atoms with Crippen LogP contribution in [0.2, 0.25) is 0 Å². The molecule has 1 N–H and O–H groups in total. The van der Waals surface area contributed by atoms with Gasteiger partial charge in [0, 0.05) is 50.9 Å². The Bertz CT molecular complexity index is 963. The summed E-state index contributed by atoms with van der Waals surface area (Å²) in [6, 6.07) is 5.22. The van der Waals surface area contributed by atoms with Gasteiger partial charge in [0.15, 0.2) is 0 Å². The van der Waals surface area contributed by atoms with Crippen molar-refractivity contribution in [2.75, 3.05) is 26.2 Å². The van der Waals surface area contributed by atoms with Gasteiger partial charge >= 0.3 is 0 Å². The van der Waals surface area contributed by atoms with Crippen LogP contribution in [0.25, 0.3) is 5.69 Å². The van der Waals surface area contributed by atoms with Crippen LogP contribution in [0, 0.1) is 5.82 Å². The number of benzene rings is 1. The molecule has 152 valence electrons. The Hall–Kier alpha value is -2.78. The Kier molecular flexibility index (Phi) is 4.36. The summed E-state index contributed by atoms with van der Waals surface area (Å²) in [7, 11) is 0. The van der Waals surface area contributed by atoms with Crippen LogP contribution in [-0.2, 0) is 16.1 Å². The van der Waals surface area contributed by atoms with Crippen molar-refractivity contribution in [3.8, 4) is 5.69 Å². The second kappa shape index (κ2) is 6.93. The lowest BCUT2D eigenvalue weighted by Crippen LogP contribution is -2.68. The predicted molar refractivity (Wildman–Crippen MR) is 100 cm³/mol. The molecule has 1 aromatic heterocycles. The summed E-state index contributed by atoms with van der Waals surface area (Å²) in [6.45, 7) is 2.44. The third-order valence-corrected chi connectivity index (χ3v) is 5.99. The Balaban J connectivity index is 1.29. The van der Waals surface area contributed by atoms with Gasteiger partial charge in [-0.15, -0.1) is 0 Å². The number of aromatic nitrogens is 2. The van der Waals surface area contributed by atoms with Crippen molar-refractivity contribution in [1.82, 2.24) is 24.5 Å². The van der Waals surface area contributed by atoms with Crippen molar-refractivity contribution in [3.05, 3.63) is 48.0 Å². The lowest BCUT2D eigenvalue weighted by molar-refractivity contribution is -0.163. The van der Waals surface area contributed by atoms with Gasteiger partial charge in [-0.3, -0.25) is 14.5 Å². The Morgan fingerprint density at radius 3 is 2.76 bits per heavy atom. The van der Waals surface area contributed by atoms with Gasteiger partial charge in [0.1, 0.15) is 17.9 Å². The highest BCUT2D eigenvalue weighted by molar-refractivity contribution is 5.98. The van der Waals surface area contributed by atoms with Gasteiger partial charge < -0.3 is 14.9 Å². The molecule has 3 aliphatic rings. The van der Waals surface area contributed by atoms with Crippen LogP contribution in [-0.4, -0.2) is 85.8 Å². The van der Waals surface area contributed by atoms with Crippen LogP contribution < -0.4 is 0 Å². The van der Waals surface area contributed by atoms with Crippen LogP contribution in [0.5, 0.6) is 0 Å². The van der Waals surface area contributed by atoms with E-state index in [2.05, 4.69) is 10.00 Å². The monoisotopic (exact) mass is 399 g/mol. The van der Waals surface area contributed by atoms with Gasteiger partial charge in [-0.25, -0.2) is 9.07 Å². The van der Waals surface area contributed by atoms with Crippen LogP contribution in [0.15, 0.2) is 36.7 Å². The van der Waals surface area contributed by atoms with Gasteiger partial charge in [0.05, 0.1) is 18.0 Å². The Morgan fingerprint density at radius 1 is 1.10 bits per heavy atom. The molecule has 0 radical (unpaired) electrons. The topological polar surface area (TPSA) is 81.9 Å². The van der Waals surface area contributed by atoms with Gasteiger partial charge in [0.25, 0.3) is 0 Å². The summed E-state index contributed by atoms with van der Waals surface area (Å²) >= 11 is 0. The normalized spacial score (nSPS) is 27.3. The molecule has 8 nitrogen and oxygen atoms in total. The summed E-state index contributed by atoms with van der Waals surface area (Å²) in [5, 5.41) is 14.2. The van der Waals surface area contributed by atoms with Gasteiger partial charge in [0.2, 0.25) is 11.8 Å². The quantitative estimate of drug-likeness (QED) is 0.786. The molecule has 3 atom stereocenters. The number of hydrogen-bond acceptors (Lipinski definition) is 5. The van der Waals surface area contributed by atoms with E-state index >= 15 is 0 Å². The number of piperazine rings is 2. The molecule has 0 bridgehead atoms. The maximum atomic E-state index is 13.4. The number of fused-ring (bicyclic) bond motifs is 2. The number of halogens is 1. The molecule has 0 saturated carbocycles. The van der Waals surface area contributed by atoms with Crippen molar-refractivity contribution in [3.63, 3.8) is 0 Å². The number of carbonyl (C=O) groups is 2. The van der Waals surface area contributed by atoms with Crippen molar-refractivity contribution in [2.45, 2.75) is 31.2 Å². The van der Waals surface area contributed by atoms with E-state index in [1.807, 2.05) is 6.20 Å². The molecule has 5 rings (SSSR count). The first-order chi connectivity index (χ1) is 14.0. The third-order valence-electron chi connectivity index (χ3n) is 5.99. The average molecular weight is 399 g/mol. The van der Waals surface area contributed by atoms with Crippen LogP contribution in [0.1, 0.15) is 12.0 Å². The zero-order valence-electron chi connectivity index (χ0n) is 15.8. The summed E-state index contributed by atoms with van der Waals surface area (Å²) in [5.41, 5.74) is 1.60. The Morgan fingerprint density at radius 2 is 1.93 bits per heavy atom. The third kappa shape index (κ3) is 3.20. The molecule has 0 spiro atoms. The van der Waals surface area contributed by atoms with Gasteiger partial charge in [-0.1, -0.05) is 6.07 Å². The smallest absolute Gasteiger partial charge is 0.247 e. The fraction of sp³-hybridized carbons (Fsp3) is 0.450. The van der Waals surface area contributed by atoms with Crippen LogP contribution in [0.4, 0.5) is 4.39 Å². The van der Waals surface area contributed by atoms with Crippen LogP contribution in [0.3, 0.4) is 0 Å². The maximum Gasteiger partial charge on any atom is 0.247 e. The average Bonchev–Trinajstić information content (AvgIpc) is 3.33. The largest absolute Gasteiger partial charge is 0.391 e. The summed E-state index contributed by atoms with van der Waals surface area (Å²) in [6.07, 6.45) is 3.29. The number of rotatable bonds is 3. The minimum absolute atomic E-state index is 0.0512. The second-order valence-corrected chi connectivity index (χ2v) is 7.95. The first kappa shape index (κ1) is 18.3. The zero-order valence-corrected chi connectivity index (χ0v) is 15.8. The summed E-state index contributed by atoms with van der Waals surface area (Å²) < 4.78 is 15.1. The molecule has 2 aromatic rings. The van der Waals surface area contributed by atoms with Crippen molar-refractivity contribution >= 4 is 11.8 Å². The summed E-state index contributed by atoms with van der Waals surface area (Å²) in [4.78, 5) is 31.0. The number of carbonyl (C=O) groups excluding carboxylic acids is 2. The highest BCUT2D eigenvalue weighted by atomic mass is 19.1. The van der Waals surface area contributed by atoms with Crippen molar-refractivity contribution < 1.29 is 19.1 Å². The first-order valence-corrected chi connectivity index (χ1v) is 9.80. The van der Waals surface area contributed by atoms with E-state index in [0.29, 0.717) is 38.3 Å². The fourth-order valence-electron chi connectivity index (χ4n) is 4.59. The lowest BCUT2D eigenvalue weighted by atomic mass is 10.0. The second-order valence-electron chi connectivity index (χ2n) is 7.95. The molecule has 2 amide bonds. The molecule has 0 unspecified atom stereocenters. The highest BCUT2D eigenvalue weighted by Gasteiger charge is 2.51. The van der Waals surface area contributed by atoms with Gasteiger partial charge in [-0.2, -0.15) is 5.10 Å². The maximum absolute atomic E-state index is 13.4.